The number of nitrogens with one attached hydrogen (secondary N) is 1. The molecule has 0 amide bonds. The Morgan fingerprint density at radius 2 is 0.913 bits per heavy atom. The molecule has 0 saturated heterocycles. The Hall–Kier alpha value is -1.61. The van der Waals surface area contributed by atoms with Crippen molar-refractivity contribution in [2.45, 2.75) is 207 Å². The molecule has 0 aliphatic heterocycles. The molecule has 0 bridgehead atoms. The van der Waals surface area contributed by atoms with Crippen LogP contribution in [0.25, 0.3) is 0 Å². The first-order valence-electron chi connectivity index (χ1n) is 20.2. The molecule has 0 aliphatic rings. The van der Waals surface area contributed by atoms with Gasteiger partial charge >= 0.3 is 0 Å². The van der Waals surface area contributed by atoms with Crippen molar-refractivity contribution in [3.63, 3.8) is 0 Å². The number of hydrogen-bond donors (Lipinski definition) is 1. The number of rotatable bonds is 36. The van der Waals surface area contributed by atoms with Crippen LogP contribution in [0.4, 0.5) is 0 Å². The standard InChI is InChI=1S/C43H80N2O/c1-5-7-9-11-13-15-17-19-21-23-25-27-29-31-33-35-39-43(46-45-42(3)38-37-41-44-4)40-36-34-32-30-28-26-24-22-20-18-16-14-12-10-8-6-2/h13-16,19-22,43-44H,5-12,17-18,23-41H2,1-4H3/b15-13-,16-14-,21-19-,22-20-,45-42?. The van der Waals surface area contributed by atoms with Gasteiger partial charge in [-0.25, -0.2) is 0 Å². The van der Waals surface area contributed by atoms with Crippen LogP contribution >= 0.6 is 0 Å². The Balaban J connectivity index is 4.03. The number of oxime groups is 1. The molecule has 0 heterocycles. The summed E-state index contributed by atoms with van der Waals surface area (Å²) in [5.41, 5.74) is 1.13. The summed E-state index contributed by atoms with van der Waals surface area (Å²) >= 11 is 0. The van der Waals surface area contributed by atoms with Gasteiger partial charge in [0.15, 0.2) is 0 Å². The van der Waals surface area contributed by atoms with Crippen molar-refractivity contribution in [2.75, 3.05) is 13.6 Å². The van der Waals surface area contributed by atoms with Gasteiger partial charge in [0, 0.05) is 0 Å². The monoisotopic (exact) mass is 641 g/mol. The minimum atomic E-state index is 0.288. The molecule has 0 saturated carbocycles. The second-order valence-electron chi connectivity index (χ2n) is 13.5. The lowest BCUT2D eigenvalue weighted by Crippen LogP contribution is -2.12. The number of allylic oxidation sites excluding steroid dienone is 8. The summed E-state index contributed by atoms with van der Waals surface area (Å²) in [5.74, 6) is 0. The molecular formula is C43H80N2O. The Bertz CT molecular complexity index is 687. The summed E-state index contributed by atoms with van der Waals surface area (Å²) in [7, 11) is 2.01. The van der Waals surface area contributed by atoms with Crippen molar-refractivity contribution < 1.29 is 4.84 Å². The van der Waals surface area contributed by atoms with E-state index in [0.717, 1.165) is 50.8 Å². The SMILES string of the molecule is CCCCC/C=C\C/C=C\CCCCCCCCC(CCCCCCCC/C=C\C/C=C\CCCCC)ON=C(C)CCCNC. The Labute approximate surface area is 289 Å². The van der Waals surface area contributed by atoms with Crippen molar-refractivity contribution in [1.82, 2.24) is 5.32 Å². The highest BCUT2D eigenvalue weighted by molar-refractivity contribution is 5.81. The third-order valence-corrected chi connectivity index (χ3v) is 8.78. The summed E-state index contributed by atoms with van der Waals surface area (Å²) in [5, 5.41) is 7.77. The van der Waals surface area contributed by atoms with Crippen LogP contribution in [-0.2, 0) is 4.84 Å². The normalized spacial score (nSPS) is 12.8. The molecule has 0 fully saturated rings. The van der Waals surface area contributed by atoms with Gasteiger partial charge in [-0.15, -0.1) is 0 Å². The number of hydrogen-bond acceptors (Lipinski definition) is 3. The van der Waals surface area contributed by atoms with Crippen molar-refractivity contribution in [2.24, 2.45) is 5.16 Å². The fourth-order valence-corrected chi connectivity index (χ4v) is 5.70. The summed E-state index contributed by atoms with van der Waals surface area (Å²) in [6.07, 6.45) is 54.8. The van der Waals surface area contributed by atoms with Gasteiger partial charge in [0.25, 0.3) is 0 Å². The second kappa shape index (κ2) is 39.6. The Kier molecular flexibility index (Phi) is 38.2. The summed E-state index contributed by atoms with van der Waals surface area (Å²) < 4.78 is 0. The fourth-order valence-electron chi connectivity index (χ4n) is 5.70. The first kappa shape index (κ1) is 44.4. The average molecular weight is 641 g/mol. The highest BCUT2D eigenvalue weighted by Crippen LogP contribution is 2.18. The zero-order chi connectivity index (χ0) is 33.4. The lowest BCUT2D eigenvalue weighted by Gasteiger charge is -2.16. The highest BCUT2D eigenvalue weighted by atomic mass is 16.6. The summed E-state index contributed by atoms with van der Waals surface area (Å²) in [6.45, 7) is 7.69. The molecule has 0 spiro atoms. The van der Waals surface area contributed by atoms with Gasteiger partial charge in [-0.3, -0.25) is 0 Å². The third-order valence-electron chi connectivity index (χ3n) is 8.78. The van der Waals surface area contributed by atoms with Crippen LogP contribution in [0.3, 0.4) is 0 Å². The van der Waals surface area contributed by atoms with Gasteiger partial charge in [0.1, 0.15) is 6.10 Å². The first-order valence-corrected chi connectivity index (χ1v) is 20.2. The van der Waals surface area contributed by atoms with Gasteiger partial charge in [-0.2, -0.15) is 0 Å². The minimum absolute atomic E-state index is 0.288. The van der Waals surface area contributed by atoms with Crippen LogP contribution < -0.4 is 5.32 Å². The molecular weight excluding hydrogens is 560 g/mol. The maximum absolute atomic E-state index is 6.13. The summed E-state index contributed by atoms with van der Waals surface area (Å²) in [4.78, 5) is 6.13. The molecule has 0 rings (SSSR count). The van der Waals surface area contributed by atoms with E-state index in [1.165, 1.54) is 141 Å². The van der Waals surface area contributed by atoms with Crippen LogP contribution in [0.15, 0.2) is 53.8 Å². The van der Waals surface area contributed by atoms with Crippen LogP contribution in [0.1, 0.15) is 201 Å². The molecule has 0 aromatic heterocycles. The van der Waals surface area contributed by atoms with Crippen molar-refractivity contribution >= 4 is 5.71 Å². The number of nitrogens with zero attached hydrogens (tertiary/aromatic N) is 1. The number of unbranched alkanes of at least 4 members (excludes halogenated alkanes) is 18. The lowest BCUT2D eigenvalue weighted by molar-refractivity contribution is 0.0425. The van der Waals surface area contributed by atoms with Gasteiger partial charge in [0.2, 0.25) is 0 Å². The summed E-state index contributed by atoms with van der Waals surface area (Å²) in [6, 6.07) is 0. The zero-order valence-electron chi connectivity index (χ0n) is 31.6. The predicted molar refractivity (Wildman–Crippen MR) is 209 cm³/mol. The van der Waals surface area contributed by atoms with E-state index in [-0.39, 0.29) is 6.10 Å². The Morgan fingerprint density at radius 3 is 1.33 bits per heavy atom. The van der Waals surface area contributed by atoms with E-state index in [9.17, 15) is 0 Å². The second-order valence-corrected chi connectivity index (χ2v) is 13.5. The van der Waals surface area contributed by atoms with E-state index in [4.69, 9.17) is 4.84 Å². The van der Waals surface area contributed by atoms with Crippen LogP contribution in [-0.4, -0.2) is 25.4 Å². The van der Waals surface area contributed by atoms with Crippen LogP contribution in [0, 0.1) is 0 Å². The average Bonchev–Trinajstić information content (AvgIpc) is 3.06. The molecule has 268 valence electrons. The molecule has 0 atom stereocenters. The molecule has 0 aromatic rings. The maximum Gasteiger partial charge on any atom is 0.127 e. The lowest BCUT2D eigenvalue weighted by atomic mass is 10.0. The predicted octanol–water partition coefficient (Wildman–Crippen LogP) is 14.2. The van der Waals surface area contributed by atoms with Crippen LogP contribution in [0.5, 0.6) is 0 Å². The quantitative estimate of drug-likeness (QED) is 0.0320. The van der Waals surface area contributed by atoms with Crippen molar-refractivity contribution in [3.05, 3.63) is 48.6 Å². The first-order chi connectivity index (χ1) is 22.7. The molecule has 0 aliphatic carbocycles. The minimum Gasteiger partial charge on any atom is -0.393 e. The van der Waals surface area contributed by atoms with Crippen LogP contribution in [0.2, 0.25) is 0 Å². The topological polar surface area (TPSA) is 33.6 Å². The molecule has 3 nitrogen and oxygen atoms in total. The van der Waals surface area contributed by atoms with Gasteiger partial charge in [-0.1, -0.05) is 145 Å². The molecule has 1 N–H and O–H groups in total. The van der Waals surface area contributed by atoms with E-state index in [2.05, 4.69) is 79.9 Å². The smallest absolute Gasteiger partial charge is 0.127 e. The molecule has 0 aromatic carbocycles. The van der Waals surface area contributed by atoms with Gasteiger partial charge in [0.05, 0.1) is 5.71 Å². The van der Waals surface area contributed by atoms with E-state index in [0.29, 0.717) is 0 Å². The van der Waals surface area contributed by atoms with E-state index in [1.807, 2.05) is 7.05 Å². The molecule has 46 heavy (non-hydrogen) atoms. The maximum atomic E-state index is 6.13. The van der Waals surface area contributed by atoms with Gasteiger partial charge in [-0.05, 0) is 123 Å². The van der Waals surface area contributed by atoms with E-state index in [1.54, 1.807) is 0 Å². The van der Waals surface area contributed by atoms with Crippen molar-refractivity contribution in [3.8, 4) is 0 Å². The molecule has 0 radical (unpaired) electrons. The van der Waals surface area contributed by atoms with E-state index < -0.39 is 0 Å². The van der Waals surface area contributed by atoms with Crippen molar-refractivity contribution in [1.29, 1.82) is 0 Å². The Morgan fingerprint density at radius 1 is 0.522 bits per heavy atom. The largest absolute Gasteiger partial charge is 0.393 e. The van der Waals surface area contributed by atoms with E-state index >= 15 is 0 Å². The zero-order valence-corrected chi connectivity index (χ0v) is 31.6. The molecule has 0 unspecified atom stereocenters. The highest BCUT2D eigenvalue weighted by Gasteiger charge is 2.10. The van der Waals surface area contributed by atoms with Gasteiger partial charge < -0.3 is 10.2 Å². The fraction of sp³-hybridized carbons (Fsp3) is 0.791. The third kappa shape index (κ3) is 36.9. The molecule has 3 heteroatoms.